The summed E-state index contributed by atoms with van der Waals surface area (Å²) < 4.78 is 0. The number of amides is 1. The highest BCUT2D eigenvalue weighted by Gasteiger charge is 2.11. The van der Waals surface area contributed by atoms with Crippen molar-refractivity contribution in [1.82, 2.24) is 11.5 Å². The van der Waals surface area contributed by atoms with Crippen LogP contribution in [0.15, 0.2) is 0 Å². The molecule has 0 radical (unpaired) electrons. The van der Waals surface area contributed by atoms with Crippen molar-refractivity contribution in [1.29, 1.82) is 0 Å². The highest BCUT2D eigenvalue weighted by molar-refractivity contribution is 6.76. The number of carboxylic acid groups (broad SMARTS) is 1. The second-order valence-electron chi connectivity index (χ2n) is 3.54. The summed E-state index contributed by atoms with van der Waals surface area (Å²) in [6.45, 7) is 7.26. The van der Waals surface area contributed by atoms with Crippen molar-refractivity contribution < 1.29 is 9.90 Å². The summed E-state index contributed by atoms with van der Waals surface area (Å²) in [6, 6.07) is 1.01. The zero-order chi connectivity index (χ0) is 8.20. The lowest BCUT2D eigenvalue weighted by molar-refractivity contribution is 0.195. The first-order valence-electron chi connectivity index (χ1n) is 3.38. The highest BCUT2D eigenvalue weighted by atomic mass is 28.3. The average molecular weight is 178 g/mol. The maximum absolute atomic E-state index is 9.99. The van der Waals surface area contributed by atoms with E-state index in [2.05, 4.69) is 25.0 Å². The maximum atomic E-state index is 9.99. The van der Waals surface area contributed by atoms with Crippen LogP contribution in [0, 0.1) is 0 Å². The minimum atomic E-state index is -1.05. The van der Waals surface area contributed by atoms with Crippen LogP contribution in [-0.4, -0.2) is 25.8 Å². The van der Waals surface area contributed by atoms with E-state index in [1.54, 1.807) is 0 Å². The molecule has 0 rings (SSSR count). The molecule has 0 aliphatic heterocycles. The van der Waals surface area contributed by atoms with Gasteiger partial charge in [0.1, 0.15) is 0 Å². The van der Waals surface area contributed by atoms with E-state index in [-0.39, 0.29) is 6.15 Å². The second kappa shape index (κ2) is 5.14. The maximum Gasteiger partial charge on any atom is 0.404 e. The Hall–Kier alpha value is -0.553. The molecule has 0 saturated heterocycles. The van der Waals surface area contributed by atoms with Gasteiger partial charge in [-0.1, -0.05) is 19.6 Å². The standard InChI is InChI=1S/C6H15NO2Si.H3N/c1-10(2,3)5-4-7-6(8)9;/h7H,4-5H2,1-3H3,(H,8,9);1H3. The van der Waals surface area contributed by atoms with Gasteiger partial charge in [0.25, 0.3) is 0 Å². The molecule has 0 aliphatic carbocycles. The third-order valence-corrected chi connectivity index (χ3v) is 2.90. The third kappa shape index (κ3) is 12.6. The Morgan fingerprint density at radius 1 is 1.45 bits per heavy atom. The quantitative estimate of drug-likeness (QED) is 0.576. The van der Waals surface area contributed by atoms with Gasteiger partial charge in [-0.25, -0.2) is 4.79 Å². The van der Waals surface area contributed by atoms with E-state index in [4.69, 9.17) is 5.11 Å². The Labute approximate surface area is 68.6 Å². The first-order valence-corrected chi connectivity index (χ1v) is 7.09. The van der Waals surface area contributed by atoms with Crippen molar-refractivity contribution in [2.75, 3.05) is 6.54 Å². The molecule has 0 aliphatic rings. The van der Waals surface area contributed by atoms with E-state index < -0.39 is 14.2 Å². The molecule has 0 aromatic rings. The van der Waals surface area contributed by atoms with Crippen molar-refractivity contribution in [3.63, 3.8) is 0 Å². The van der Waals surface area contributed by atoms with Crippen LogP contribution in [0.5, 0.6) is 0 Å². The largest absolute Gasteiger partial charge is 0.465 e. The molecule has 0 spiro atoms. The lowest BCUT2D eigenvalue weighted by Crippen LogP contribution is -2.29. The summed E-state index contributed by atoms with van der Waals surface area (Å²) in [5.41, 5.74) is 0. The monoisotopic (exact) mass is 178 g/mol. The molecule has 0 unspecified atom stereocenters. The Morgan fingerprint density at radius 2 is 1.91 bits per heavy atom. The van der Waals surface area contributed by atoms with Crippen molar-refractivity contribution >= 4 is 14.2 Å². The molecule has 0 fully saturated rings. The molecule has 11 heavy (non-hydrogen) atoms. The number of carbonyl (C=O) groups is 1. The predicted molar refractivity (Wildman–Crippen MR) is 49.2 cm³/mol. The van der Waals surface area contributed by atoms with Crippen LogP contribution in [-0.2, 0) is 0 Å². The summed E-state index contributed by atoms with van der Waals surface area (Å²) in [5, 5.41) is 10.6. The highest BCUT2D eigenvalue weighted by Crippen LogP contribution is 2.05. The molecule has 0 heterocycles. The van der Waals surface area contributed by atoms with Crippen LogP contribution in [0.2, 0.25) is 25.7 Å². The fourth-order valence-electron chi connectivity index (χ4n) is 0.544. The van der Waals surface area contributed by atoms with Crippen LogP contribution < -0.4 is 11.5 Å². The molecule has 0 aromatic carbocycles. The summed E-state index contributed by atoms with van der Waals surface area (Å²) in [4.78, 5) is 9.99. The zero-order valence-electron chi connectivity index (χ0n) is 7.48. The third-order valence-electron chi connectivity index (χ3n) is 1.15. The lowest BCUT2D eigenvalue weighted by Gasteiger charge is -2.14. The van der Waals surface area contributed by atoms with E-state index in [0.29, 0.717) is 6.54 Å². The molecular weight excluding hydrogens is 160 g/mol. The minimum Gasteiger partial charge on any atom is -0.465 e. The van der Waals surface area contributed by atoms with Gasteiger partial charge in [-0.2, -0.15) is 0 Å². The molecule has 0 aromatic heterocycles. The van der Waals surface area contributed by atoms with Gasteiger partial charge in [0.15, 0.2) is 0 Å². The molecule has 5 N–H and O–H groups in total. The van der Waals surface area contributed by atoms with E-state index in [0.717, 1.165) is 6.04 Å². The topological polar surface area (TPSA) is 84.3 Å². The number of hydrogen-bond donors (Lipinski definition) is 3. The van der Waals surface area contributed by atoms with Crippen molar-refractivity contribution in [2.24, 2.45) is 0 Å². The van der Waals surface area contributed by atoms with Crippen molar-refractivity contribution in [2.45, 2.75) is 25.7 Å². The van der Waals surface area contributed by atoms with Crippen LogP contribution in [0.25, 0.3) is 0 Å². The van der Waals surface area contributed by atoms with Gasteiger partial charge in [-0.3, -0.25) is 0 Å². The Kier molecular flexibility index (Phi) is 6.11. The van der Waals surface area contributed by atoms with Gasteiger partial charge >= 0.3 is 6.09 Å². The number of hydrogen-bond acceptors (Lipinski definition) is 2. The molecule has 5 heteroatoms. The number of nitrogens with one attached hydrogen (secondary N) is 1. The average Bonchev–Trinajstić information content (AvgIpc) is 1.59. The second-order valence-corrected chi connectivity index (χ2v) is 9.16. The Bertz CT molecular complexity index is 122. The van der Waals surface area contributed by atoms with Crippen molar-refractivity contribution in [3.8, 4) is 0 Å². The Balaban J connectivity index is 0. The van der Waals surface area contributed by atoms with Crippen LogP contribution in [0.4, 0.5) is 4.79 Å². The fourth-order valence-corrected chi connectivity index (χ4v) is 1.42. The van der Waals surface area contributed by atoms with E-state index in [1.165, 1.54) is 0 Å². The van der Waals surface area contributed by atoms with Gasteiger partial charge in [-0.15, -0.1) is 0 Å². The molecule has 0 saturated carbocycles. The normalized spacial score (nSPS) is 10.1. The summed E-state index contributed by atoms with van der Waals surface area (Å²) in [5.74, 6) is 0. The van der Waals surface area contributed by atoms with Gasteiger partial charge in [0, 0.05) is 14.6 Å². The SMILES string of the molecule is C[Si](C)(C)CCNC(=O)O.N. The first kappa shape index (κ1) is 13.1. The minimum absolute atomic E-state index is 0. The van der Waals surface area contributed by atoms with E-state index >= 15 is 0 Å². The van der Waals surface area contributed by atoms with E-state index in [9.17, 15) is 4.79 Å². The number of rotatable bonds is 3. The molecule has 4 nitrogen and oxygen atoms in total. The van der Waals surface area contributed by atoms with Gasteiger partial charge in [-0.05, 0) is 6.04 Å². The first-order chi connectivity index (χ1) is 4.42. The molecule has 0 bridgehead atoms. The summed E-state index contributed by atoms with van der Waals surface area (Å²) >= 11 is 0. The smallest absolute Gasteiger partial charge is 0.404 e. The molecular formula is C6H18N2O2Si. The Morgan fingerprint density at radius 3 is 2.18 bits per heavy atom. The van der Waals surface area contributed by atoms with Crippen LogP contribution in [0.3, 0.4) is 0 Å². The van der Waals surface area contributed by atoms with Gasteiger partial charge < -0.3 is 16.6 Å². The van der Waals surface area contributed by atoms with Crippen LogP contribution in [0.1, 0.15) is 0 Å². The molecule has 0 atom stereocenters. The molecule has 1 amide bonds. The summed E-state index contributed by atoms with van der Waals surface area (Å²) in [6.07, 6.45) is -0.918. The van der Waals surface area contributed by atoms with Gasteiger partial charge in [0.2, 0.25) is 0 Å². The lowest BCUT2D eigenvalue weighted by atomic mass is 10.7. The van der Waals surface area contributed by atoms with Gasteiger partial charge in [0.05, 0.1) is 0 Å². The molecule has 68 valence electrons. The predicted octanol–water partition coefficient (Wildman–Crippen LogP) is 1.75. The summed E-state index contributed by atoms with van der Waals surface area (Å²) in [7, 11) is -1.05. The fraction of sp³-hybridized carbons (Fsp3) is 0.833. The van der Waals surface area contributed by atoms with Crippen molar-refractivity contribution in [3.05, 3.63) is 0 Å². The van der Waals surface area contributed by atoms with Crippen LogP contribution >= 0.6 is 0 Å². The zero-order valence-corrected chi connectivity index (χ0v) is 8.48. The van der Waals surface area contributed by atoms with E-state index in [1.807, 2.05) is 0 Å².